The van der Waals surface area contributed by atoms with Crippen molar-refractivity contribution < 1.29 is 9.84 Å². The topological polar surface area (TPSA) is 83.4 Å². The van der Waals surface area contributed by atoms with E-state index in [1.54, 1.807) is 6.08 Å². The molecule has 3 aromatic rings. The molecule has 2 aliphatic heterocycles. The molecule has 2 N–H and O–H groups in total. The highest BCUT2D eigenvalue weighted by Crippen LogP contribution is 2.45. The molecule has 0 bridgehead atoms. The van der Waals surface area contributed by atoms with E-state index in [0.717, 1.165) is 65.6 Å². The van der Waals surface area contributed by atoms with Gasteiger partial charge in [0.2, 0.25) is 0 Å². The monoisotopic (exact) mass is 457 g/mol. The maximum Gasteiger partial charge on any atom is 0.172 e. The van der Waals surface area contributed by atoms with Crippen molar-refractivity contribution in [1.82, 2.24) is 15.2 Å². The maximum atomic E-state index is 10.6. The molecule has 0 radical (unpaired) electrons. The van der Waals surface area contributed by atoms with E-state index >= 15 is 0 Å². The van der Waals surface area contributed by atoms with Crippen LogP contribution in [0.25, 0.3) is 17.3 Å². The van der Waals surface area contributed by atoms with Crippen molar-refractivity contribution in [2.45, 2.75) is 52.2 Å². The molecule has 0 unspecified atom stereocenters. The van der Waals surface area contributed by atoms with Crippen molar-refractivity contribution in [2.75, 3.05) is 23.3 Å². The second-order valence-electron chi connectivity index (χ2n) is 9.38. The molecule has 1 saturated heterocycles. The number of hydrogen-bond donors (Lipinski definition) is 2. The Kier molecular flexibility index (Phi) is 5.42. The predicted molar refractivity (Wildman–Crippen MR) is 136 cm³/mol. The maximum absolute atomic E-state index is 10.6. The summed E-state index contributed by atoms with van der Waals surface area (Å²) in [6.45, 7) is 13.6. The minimum absolute atomic E-state index is 0.0196. The van der Waals surface area contributed by atoms with Gasteiger partial charge in [0.25, 0.3) is 0 Å². The van der Waals surface area contributed by atoms with Gasteiger partial charge in [-0.15, -0.1) is 10.2 Å². The van der Waals surface area contributed by atoms with E-state index in [0.29, 0.717) is 11.3 Å². The molecule has 2 aliphatic rings. The lowest BCUT2D eigenvalue weighted by atomic mass is 9.90. The van der Waals surface area contributed by atoms with Gasteiger partial charge in [0, 0.05) is 18.5 Å². The average Bonchev–Trinajstić information content (AvgIpc) is 3.23. The number of hydrogen-bond acceptors (Lipinski definition) is 7. The fourth-order valence-corrected chi connectivity index (χ4v) is 5.22. The van der Waals surface area contributed by atoms with Gasteiger partial charge in [-0.3, -0.25) is 4.98 Å². The molecule has 34 heavy (non-hydrogen) atoms. The molecule has 0 spiro atoms. The van der Waals surface area contributed by atoms with Gasteiger partial charge in [0.05, 0.1) is 35.4 Å². The molecular weight excluding hydrogens is 426 g/mol. The second-order valence-corrected chi connectivity index (χ2v) is 9.38. The fraction of sp³-hybridized carbons (Fsp3) is 0.370. The number of aromatic nitrogens is 3. The third-order valence-electron chi connectivity index (χ3n) is 7.51. The number of benzene rings is 1. The lowest BCUT2D eigenvalue weighted by Crippen LogP contribution is -2.52. The van der Waals surface area contributed by atoms with Crippen LogP contribution >= 0.6 is 0 Å². The van der Waals surface area contributed by atoms with Gasteiger partial charge in [-0.25, -0.2) is 0 Å². The minimum Gasteiger partial charge on any atom is -0.507 e. The van der Waals surface area contributed by atoms with Gasteiger partial charge in [0.15, 0.2) is 5.82 Å². The molecule has 4 heterocycles. The lowest BCUT2D eigenvalue weighted by molar-refractivity contribution is 0.208. The normalized spacial score (nSPS) is 20.9. The summed E-state index contributed by atoms with van der Waals surface area (Å²) in [6.07, 6.45) is 5.47. The number of para-hydroxylation sites is 1. The number of nitrogens with zero attached hydrogens (tertiary/aromatic N) is 4. The van der Waals surface area contributed by atoms with E-state index in [1.807, 2.05) is 37.4 Å². The van der Waals surface area contributed by atoms with E-state index < -0.39 is 0 Å². The number of rotatable bonds is 5. The zero-order valence-electron chi connectivity index (χ0n) is 20.2. The summed E-state index contributed by atoms with van der Waals surface area (Å²) in [5, 5.41) is 23.0. The van der Waals surface area contributed by atoms with Gasteiger partial charge in [0.1, 0.15) is 17.6 Å². The molecule has 0 saturated carbocycles. The molecule has 2 atom stereocenters. The predicted octanol–water partition coefficient (Wildman–Crippen LogP) is 5.04. The number of phenols is 1. The molecule has 7 heteroatoms. The van der Waals surface area contributed by atoms with Crippen molar-refractivity contribution >= 4 is 17.6 Å². The van der Waals surface area contributed by atoms with E-state index in [4.69, 9.17) is 4.74 Å². The SMILES string of the molecule is C=Cc1ncc(O[C@H]2CN3c4cc(-c5cccc(C)c5O)nnc4NC[C@@]3(CC)C2)c(C)c1C. The summed E-state index contributed by atoms with van der Waals surface area (Å²) >= 11 is 0. The first kappa shape index (κ1) is 22.2. The molecule has 176 valence electrons. The lowest BCUT2D eigenvalue weighted by Gasteiger charge is -2.43. The number of anilines is 2. The first-order valence-electron chi connectivity index (χ1n) is 11.8. The van der Waals surface area contributed by atoms with Gasteiger partial charge in [-0.05, 0) is 62.1 Å². The van der Waals surface area contributed by atoms with Crippen LogP contribution in [0.3, 0.4) is 0 Å². The Morgan fingerprint density at radius 2 is 2.09 bits per heavy atom. The van der Waals surface area contributed by atoms with Crippen molar-refractivity contribution in [3.05, 3.63) is 59.4 Å². The van der Waals surface area contributed by atoms with E-state index in [1.165, 1.54) is 0 Å². The van der Waals surface area contributed by atoms with Crippen LogP contribution in [0.1, 0.15) is 42.1 Å². The third-order valence-corrected chi connectivity index (χ3v) is 7.51. The molecule has 2 aromatic heterocycles. The van der Waals surface area contributed by atoms with Crippen LogP contribution in [0.4, 0.5) is 11.5 Å². The van der Waals surface area contributed by atoms with E-state index in [9.17, 15) is 5.11 Å². The zero-order chi connectivity index (χ0) is 24.0. The van der Waals surface area contributed by atoms with Crippen LogP contribution in [0, 0.1) is 20.8 Å². The summed E-state index contributed by atoms with van der Waals surface area (Å²) in [5.41, 5.74) is 6.17. The molecule has 0 aliphatic carbocycles. The van der Waals surface area contributed by atoms with Crippen LogP contribution in [-0.4, -0.2) is 45.0 Å². The Hall–Kier alpha value is -3.61. The molecular formula is C27H31N5O2. The van der Waals surface area contributed by atoms with E-state index in [2.05, 4.69) is 52.7 Å². The number of phenolic OH excluding ortho intramolecular Hbond substituents is 1. The highest BCUT2D eigenvalue weighted by Gasteiger charge is 2.49. The van der Waals surface area contributed by atoms with Crippen molar-refractivity contribution in [1.29, 1.82) is 0 Å². The first-order valence-corrected chi connectivity index (χ1v) is 11.8. The zero-order valence-corrected chi connectivity index (χ0v) is 20.2. The third kappa shape index (κ3) is 3.47. The highest BCUT2D eigenvalue weighted by molar-refractivity contribution is 5.78. The Bertz CT molecular complexity index is 1270. The van der Waals surface area contributed by atoms with Gasteiger partial charge in [-0.1, -0.05) is 25.6 Å². The summed E-state index contributed by atoms with van der Waals surface area (Å²) in [5.74, 6) is 1.83. The Balaban J connectivity index is 1.48. The van der Waals surface area contributed by atoms with Gasteiger partial charge < -0.3 is 20.1 Å². The molecule has 7 nitrogen and oxygen atoms in total. The van der Waals surface area contributed by atoms with Crippen molar-refractivity contribution in [3.8, 4) is 22.8 Å². The molecule has 0 amide bonds. The van der Waals surface area contributed by atoms with Crippen LogP contribution in [0.5, 0.6) is 11.5 Å². The fourth-order valence-electron chi connectivity index (χ4n) is 5.22. The number of aryl methyl sites for hydroxylation is 1. The summed E-state index contributed by atoms with van der Waals surface area (Å²) in [4.78, 5) is 6.93. The van der Waals surface area contributed by atoms with Crippen LogP contribution < -0.4 is 15.0 Å². The Morgan fingerprint density at radius 1 is 1.26 bits per heavy atom. The molecule has 1 aromatic carbocycles. The summed E-state index contributed by atoms with van der Waals surface area (Å²) in [6, 6.07) is 7.72. The Labute approximate surface area is 200 Å². The number of ether oxygens (including phenoxy) is 1. The van der Waals surface area contributed by atoms with Crippen molar-refractivity contribution in [3.63, 3.8) is 0 Å². The first-order chi connectivity index (χ1) is 16.4. The Morgan fingerprint density at radius 3 is 2.85 bits per heavy atom. The smallest absolute Gasteiger partial charge is 0.172 e. The highest BCUT2D eigenvalue weighted by atomic mass is 16.5. The average molecular weight is 458 g/mol. The second kappa shape index (κ2) is 8.31. The number of aromatic hydroxyl groups is 1. The number of fused-ring (bicyclic) bond motifs is 3. The summed E-state index contributed by atoms with van der Waals surface area (Å²) < 4.78 is 6.53. The number of pyridine rings is 1. The van der Waals surface area contributed by atoms with E-state index in [-0.39, 0.29) is 17.4 Å². The standard InChI is InChI=1S/C27H31N5O2/c1-6-21-17(4)18(5)24(13-28-21)34-19-12-27(7-2)15-29-26-23(32(27)14-19)11-22(30-31-26)20-10-8-9-16(3)25(20)33/h6,8-11,13,19,33H,1,7,12,14-15H2,2-5H3,(H,29,31)/t19-,27-/m1/s1. The van der Waals surface area contributed by atoms with Crippen LogP contribution in [-0.2, 0) is 0 Å². The molecule has 1 fully saturated rings. The van der Waals surface area contributed by atoms with Gasteiger partial charge >= 0.3 is 0 Å². The molecule has 5 rings (SSSR count). The summed E-state index contributed by atoms with van der Waals surface area (Å²) in [7, 11) is 0. The quantitative estimate of drug-likeness (QED) is 0.555. The van der Waals surface area contributed by atoms with Gasteiger partial charge in [-0.2, -0.15) is 0 Å². The number of nitrogens with one attached hydrogen (secondary N) is 1. The van der Waals surface area contributed by atoms with Crippen LogP contribution in [0.2, 0.25) is 0 Å². The largest absolute Gasteiger partial charge is 0.507 e. The van der Waals surface area contributed by atoms with Crippen molar-refractivity contribution in [2.24, 2.45) is 0 Å². The minimum atomic E-state index is -0.0793. The van der Waals surface area contributed by atoms with Crippen LogP contribution in [0.15, 0.2) is 37.0 Å².